The van der Waals surface area contributed by atoms with Gasteiger partial charge in [-0.15, -0.1) is 0 Å². The van der Waals surface area contributed by atoms with Crippen LogP contribution in [0.15, 0.2) is 22.7 Å². The van der Waals surface area contributed by atoms with Crippen molar-refractivity contribution in [3.8, 4) is 5.75 Å². The van der Waals surface area contributed by atoms with Gasteiger partial charge in [0.25, 0.3) is 5.91 Å². The zero-order valence-electron chi connectivity index (χ0n) is 9.45. The van der Waals surface area contributed by atoms with E-state index in [0.717, 1.165) is 0 Å². The second-order valence-electron chi connectivity index (χ2n) is 3.10. The molecule has 1 rings (SSSR count). The fourth-order valence-electron chi connectivity index (χ4n) is 1.13. The third kappa shape index (κ3) is 3.74. The van der Waals surface area contributed by atoms with E-state index in [-0.39, 0.29) is 12.5 Å². The van der Waals surface area contributed by atoms with E-state index in [9.17, 15) is 9.59 Å². The molecule has 1 aromatic rings. The van der Waals surface area contributed by atoms with Crippen molar-refractivity contribution in [3.05, 3.63) is 28.2 Å². The van der Waals surface area contributed by atoms with Crippen molar-refractivity contribution >= 4 is 27.8 Å². The van der Waals surface area contributed by atoms with Crippen molar-refractivity contribution in [1.82, 2.24) is 5.32 Å². The summed E-state index contributed by atoms with van der Waals surface area (Å²) in [5, 5.41) is 2.44. The number of amides is 1. The maximum Gasteiger partial charge on any atom is 0.325 e. The second kappa shape index (κ2) is 6.24. The Hall–Kier alpha value is -1.56. The van der Waals surface area contributed by atoms with Gasteiger partial charge in [0.15, 0.2) is 0 Å². The van der Waals surface area contributed by atoms with Crippen LogP contribution in [0.25, 0.3) is 0 Å². The first kappa shape index (κ1) is 13.5. The van der Waals surface area contributed by atoms with Gasteiger partial charge in [-0.25, -0.2) is 0 Å². The average molecular weight is 302 g/mol. The van der Waals surface area contributed by atoms with Crippen molar-refractivity contribution in [2.45, 2.75) is 0 Å². The van der Waals surface area contributed by atoms with Crippen LogP contribution >= 0.6 is 15.9 Å². The van der Waals surface area contributed by atoms with Crippen LogP contribution in [0.4, 0.5) is 0 Å². The number of rotatable bonds is 4. The summed E-state index contributed by atoms with van der Waals surface area (Å²) in [6.45, 7) is -0.168. The number of ether oxygens (including phenoxy) is 2. The van der Waals surface area contributed by atoms with Crippen LogP contribution < -0.4 is 10.1 Å². The van der Waals surface area contributed by atoms with Crippen LogP contribution in [0, 0.1) is 0 Å². The first-order chi connectivity index (χ1) is 8.08. The number of halogens is 1. The number of esters is 1. The quantitative estimate of drug-likeness (QED) is 0.853. The summed E-state index contributed by atoms with van der Waals surface area (Å²) in [5.41, 5.74) is 0.397. The highest BCUT2D eigenvalue weighted by molar-refractivity contribution is 9.10. The van der Waals surface area contributed by atoms with E-state index in [0.29, 0.717) is 15.8 Å². The van der Waals surface area contributed by atoms with Crippen LogP contribution in [-0.2, 0) is 9.53 Å². The third-order valence-electron chi connectivity index (χ3n) is 2.04. The molecule has 1 N–H and O–H groups in total. The molecule has 0 fully saturated rings. The van der Waals surface area contributed by atoms with Gasteiger partial charge in [0.05, 0.1) is 19.8 Å². The second-order valence-corrected chi connectivity index (χ2v) is 3.96. The predicted octanol–water partition coefficient (Wildman–Crippen LogP) is 1.36. The van der Waals surface area contributed by atoms with E-state index in [2.05, 4.69) is 26.0 Å². The Balaban J connectivity index is 2.77. The molecule has 0 atom stereocenters. The monoisotopic (exact) mass is 301 g/mol. The Morgan fingerprint density at radius 2 is 2.06 bits per heavy atom. The lowest BCUT2D eigenvalue weighted by Gasteiger charge is -2.07. The molecule has 0 saturated heterocycles. The highest BCUT2D eigenvalue weighted by atomic mass is 79.9. The molecule has 17 heavy (non-hydrogen) atoms. The van der Waals surface area contributed by atoms with Crippen molar-refractivity contribution in [2.75, 3.05) is 20.8 Å². The Labute approximate surface area is 107 Å². The summed E-state index contributed by atoms with van der Waals surface area (Å²) in [6, 6.07) is 5.00. The lowest BCUT2D eigenvalue weighted by atomic mass is 10.2. The van der Waals surface area contributed by atoms with Crippen molar-refractivity contribution in [1.29, 1.82) is 0 Å². The van der Waals surface area contributed by atoms with Gasteiger partial charge in [-0.1, -0.05) is 0 Å². The average Bonchev–Trinajstić information content (AvgIpc) is 2.36. The van der Waals surface area contributed by atoms with Gasteiger partial charge in [-0.05, 0) is 34.1 Å². The first-order valence-electron chi connectivity index (χ1n) is 4.77. The molecule has 92 valence electrons. The Morgan fingerprint density at radius 1 is 1.35 bits per heavy atom. The highest BCUT2D eigenvalue weighted by Crippen LogP contribution is 2.22. The fourth-order valence-corrected chi connectivity index (χ4v) is 1.55. The molecule has 0 heterocycles. The summed E-state index contributed by atoms with van der Waals surface area (Å²) in [7, 11) is 2.77. The smallest absolute Gasteiger partial charge is 0.325 e. The number of benzene rings is 1. The van der Waals surface area contributed by atoms with E-state index in [1.165, 1.54) is 14.2 Å². The molecular formula is C11H12BrNO4. The van der Waals surface area contributed by atoms with Crippen LogP contribution in [0.5, 0.6) is 5.75 Å². The predicted molar refractivity (Wildman–Crippen MR) is 65.0 cm³/mol. The molecule has 0 aliphatic carbocycles. The summed E-state index contributed by atoms with van der Waals surface area (Å²) >= 11 is 3.25. The Morgan fingerprint density at radius 3 is 2.65 bits per heavy atom. The van der Waals surface area contributed by atoms with Gasteiger partial charge in [0.1, 0.15) is 12.3 Å². The first-order valence-corrected chi connectivity index (χ1v) is 5.56. The normalized spacial score (nSPS) is 9.59. The maximum absolute atomic E-state index is 11.7. The van der Waals surface area contributed by atoms with E-state index in [4.69, 9.17) is 4.74 Å². The summed E-state index contributed by atoms with van der Waals surface area (Å²) in [6.07, 6.45) is 0. The van der Waals surface area contributed by atoms with E-state index < -0.39 is 5.97 Å². The molecule has 0 aromatic heterocycles. The molecular weight excluding hydrogens is 290 g/mol. The van der Waals surface area contributed by atoms with E-state index >= 15 is 0 Å². The molecule has 0 spiro atoms. The lowest BCUT2D eigenvalue weighted by Crippen LogP contribution is -2.30. The summed E-state index contributed by atoms with van der Waals surface area (Å²) in [5.74, 6) is -0.310. The van der Waals surface area contributed by atoms with Gasteiger partial charge >= 0.3 is 5.97 Å². The molecule has 6 heteroatoms. The minimum atomic E-state index is -0.502. The number of hydrogen-bond donors (Lipinski definition) is 1. The standard InChI is InChI=1S/C11H12BrNO4/c1-16-7-3-4-9(12)8(5-7)11(15)13-6-10(14)17-2/h3-5H,6H2,1-2H3,(H,13,15). The van der Waals surface area contributed by atoms with Crippen LogP contribution in [-0.4, -0.2) is 32.6 Å². The fraction of sp³-hybridized carbons (Fsp3) is 0.273. The number of hydrogen-bond acceptors (Lipinski definition) is 4. The largest absolute Gasteiger partial charge is 0.497 e. The maximum atomic E-state index is 11.7. The van der Waals surface area contributed by atoms with Crippen LogP contribution in [0.1, 0.15) is 10.4 Å². The molecule has 1 amide bonds. The zero-order valence-corrected chi connectivity index (χ0v) is 11.0. The Bertz CT molecular complexity index is 433. The van der Waals surface area contributed by atoms with Gasteiger partial charge in [0, 0.05) is 4.47 Å². The highest BCUT2D eigenvalue weighted by Gasteiger charge is 2.12. The van der Waals surface area contributed by atoms with Crippen LogP contribution in [0.2, 0.25) is 0 Å². The molecule has 1 aromatic carbocycles. The molecule has 0 radical (unpaired) electrons. The Kier molecular flexibility index (Phi) is 4.96. The topological polar surface area (TPSA) is 64.6 Å². The summed E-state index contributed by atoms with van der Waals surface area (Å²) < 4.78 is 10.1. The van der Waals surface area contributed by atoms with E-state index in [1.807, 2.05) is 0 Å². The van der Waals surface area contributed by atoms with E-state index in [1.54, 1.807) is 18.2 Å². The SMILES string of the molecule is COC(=O)CNC(=O)c1cc(OC)ccc1Br. The molecule has 0 bridgehead atoms. The van der Waals surface area contributed by atoms with Crippen LogP contribution in [0.3, 0.4) is 0 Å². The van der Waals surface area contributed by atoms with Gasteiger partial charge in [-0.3, -0.25) is 9.59 Å². The minimum absolute atomic E-state index is 0.168. The molecule has 0 unspecified atom stereocenters. The van der Waals surface area contributed by atoms with Gasteiger partial charge in [-0.2, -0.15) is 0 Å². The summed E-state index contributed by atoms with van der Waals surface area (Å²) in [4.78, 5) is 22.6. The zero-order chi connectivity index (χ0) is 12.8. The molecule has 5 nitrogen and oxygen atoms in total. The number of carbonyl (C=O) groups is 2. The van der Waals surface area contributed by atoms with Crippen molar-refractivity contribution in [2.24, 2.45) is 0 Å². The molecule has 0 aliphatic rings. The number of carbonyl (C=O) groups excluding carboxylic acids is 2. The number of methoxy groups -OCH3 is 2. The lowest BCUT2D eigenvalue weighted by molar-refractivity contribution is -0.139. The van der Waals surface area contributed by atoms with Gasteiger partial charge in [0.2, 0.25) is 0 Å². The molecule has 0 saturated carbocycles. The molecule has 0 aliphatic heterocycles. The third-order valence-corrected chi connectivity index (χ3v) is 2.73. The minimum Gasteiger partial charge on any atom is -0.497 e. The van der Waals surface area contributed by atoms with Crippen molar-refractivity contribution in [3.63, 3.8) is 0 Å². The number of nitrogens with one attached hydrogen (secondary N) is 1. The van der Waals surface area contributed by atoms with Gasteiger partial charge < -0.3 is 14.8 Å². The van der Waals surface area contributed by atoms with Crippen molar-refractivity contribution < 1.29 is 19.1 Å².